The minimum atomic E-state index is -4.09. The third kappa shape index (κ3) is 4.71. The zero-order valence-corrected chi connectivity index (χ0v) is 19.3. The number of sulfonamides is 1. The van der Waals surface area contributed by atoms with Crippen LogP contribution in [0.2, 0.25) is 0 Å². The Morgan fingerprint density at radius 1 is 1.24 bits per heavy atom. The summed E-state index contributed by atoms with van der Waals surface area (Å²) in [6.07, 6.45) is 3.75. The summed E-state index contributed by atoms with van der Waals surface area (Å²) in [6.45, 7) is 4.65. The van der Waals surface area contributed by atoms with Crippen LogP contribution in [-0.4, -0.2) is 49.5 Å². The molecule has 1 amide bonds. The fourth-order valence-electron chi connectivity index (χ4n) is 4.05. The normalized spacial score (nSPS) is 17.6. The van der Waals surface area contributed by atoms with E-state index in [1.807, 2.05) is 26.0 Å². The van der Waals surface area contributed by atoms with E-state index >= 15 is 0 Å². The molecule has 10 heteroatoms. The van der Waals surface area contributed by atoms with E-state index < -0.39 is 26.6 Å². The number of rotatable bonds is 6. The number of hydrogen-bond donors (Lipinski definition) is 1. The second-order valence-electron chi connectivity index (χ2n) is 8.21. The van der Waals surface area contributed by atoms with Crippen LogP contribution >= 0.6 is 0 Å². The number of halogens is 1. The smallest absolute Gasteiger partial charge is 0.266 e. The van der Waals surface area contributed by atoms with Gasteiger partial charge in [-0.3, -0.25) is 4.79 Å². The van der Waals surface area contributed by atoms with Crippen molar-refractivity contribution in [3.8, 4) is 6.07 Å². The molecule has 174 valence electrons. The van der Waals surface area contributed by atoms with Crippen molar-refractivity contribution < 1.29 is 22.3 Å². The lowest BCUT2D eigenvalue weighted by Crippen LogP contribution is -2.40. The number of carbonyl (C=O) groups is 1. The van der Waals surface area contributed by atoms with Crippen molar-refractivity contribution in [1.29, 1.82) is 5.26 Å². The van der Waals surface area contributed by atoms with Crippen molar-refractivity contribution in [2.75, 3.05) is 31.6 Å². The highest BCUT2D eigenvalue weighted by molar-refractivity contribution is 7.89. The van der Waals surface area contributed by atoms with Gasteiger partial charge in [-0.1, -0.05) is 0 Å². The molecule has 1 aliphatic carbocycles. The Labute approximate surface area is 192 Å². The molecular formula is C23H25FN4O4S. The van der Waals surface area contributed by atoms with Crippen LogP contribution in [0, 0.1) is 31.0 Å². The summed E-state index contributed by atoms with van der Waals surface area (Å²) in [4.78, 5) is 12.2. The lowest BCUT2D eigenvalue weighted by Gasteiger charge is -2.26. The molecule has 1 N–H and O–H groups in total. The molecular weight excluding hydrogens is 447 g/mol. The maximum absolute atomic E-state index is 14.4. The molecule has 0 atom stereocenters. The number of ether oxygens (including phenoxy) is 1. The first kappa shape index (κ1) is 23.2. The molecule has 2 heterocycles. The maximum atomic E-state index is 14.4. The lowest BCUT2D eigenvalue weighted by atomic mass is 10.1. The average Bonchev–Trinajstić information content (AvgIpc) is 3.59. The maximum Gasteiger partial charge on any atom is 0.266 e. The van der Waals surface area contributed by atoms with Gasteiger partial charge in [-0.05, 0) is 62.6 Å². The Balaban J connectivity index is 1.58. The van der Waals surface area contributed by atoms with E-state index in [9.17, 15) is 22.9 Å². The number of morpholine rings is 1. The highest BCUT2D eigenvalue weighted by Crippen LogP contribution is 2.38. The van der Waals surface area contributed by atoms with Crippen molar-refractivity contribution in [1.82, 2.24) is 8.87 Å². The number of benzene rings is 1. The molecule has 0 unspecified atom stereocenters. The average molecular weight is 473 g/mol. The van der Waals surface area contributed by atoms with Gasteiger partial charge in [0.2, 0.25) is 10.0 Å². The summed E-state index contributed by atoms with van der Waals surface area (Å²) < 4.78 is 48.7. The summed E-state index contributed by atoms with van der Waals surface area (Å²) in [5.74, 6) is -1.61. The van der Waals surface area contributed by atoms with Crippen LogP contribution in [-0.2, 0) is 19.6 Å². The van der Waals surface area contributed by atoms with E-state index in [2.05, 4.69) is 9.88 Å². The van der Waals surface area contributed by atoms with Crippen LogP contribution in [0.5, 0.6) is 0 Å². The molecule has 0 spiro atoms. The number of nitrogens with one attached hydrogen (secondary N) is 1. The highest BCUT2D eigenvalue weighted by atomic mass is 32.2. The molecule has 2 aromatic rings. The number of carbonyl (C=O) groups excluding carboxylic acids is 1. The Hall–Kier alpha value is -3.00. The topological polar surface area (TPSA) is 104 Å². The SMILES string of the molecule is Cc1cc(/C=C(\C#N)C(=O)Nc2ccc(F)c(S(=O)(=O)N3CCOCC3)c2)c(C)n1C1CC1. The molecule has 1 aliphatic heterocycles. The Kier molecular flexibility index (Phi) is 6.38. The third-order valence-electron chi connectivity index (χ3n) is 5.88. The summed E-state index contributed by atoms with van der Waals surface area (Å²) in [7, 11) is -4.09. The Bertz CT molecular complexity index is 1270. The summed E-state index contributed by atoms with van der Waals surface area (Å²) in [5.41, 5.74) is 2.78. The number of aryl methyl sites for hydroxylation is 1. The first-order valence-corrected chi connectivity index (χ1v) is 12.2. The predicted molar refractivity (Wildman–Crippen MR) is 120 cm³/mol. The van der Waals surface area contributed by atoms with Crippen LogP contribution < -0.4 is 5.32 Å². The number of anilines is 1. The fraction of sp³-hybridized carbons (Fsp3) is 0.391. The number of nitriles is 1. The number of hydrogen-bond acceptors (Lipinski definition) is 5. The van der Waals surface area contributed by atoms with E-state index in [4.69, 9.17) is 4.74 Å². The molecule has 1 aromatic carbocycles. The number of aromatic nitrogens is 1. The van der Waals surface area contributed by atoms with Gasteiger partial charge in [0, 0.05) is 36.2 Å². The largest absolute Gasteiger partial charge is 0.379 e. The van der Waals surface area contributed by atoms with E-state index in [0.29, 0.717) is 6.04 Å². The predicted octanol–water partition coefficient (Wildman–Crippen LogP) is 3.15. The molecule has 33 heavy (non-hydrogen) atoms. The van der Waals surface area contributed by atoms with E-state index in [1.54, 1.807) is 0 Å². The minimum absolute atomic E-state index is 0.0813. The highest BCUT2D eigenvalue weighted by Gasteiger charge is 2.30. The van der Waals surface area contributed by atoms with Crippen molar-refractivity contribution in [2.24, 2.45) is 0 Å². The van der Waals surface area contributed by atoms with Gasteiger partial charge in [-0.2, -0.15) is 9.57 Å². The molecule has 0 radical (unpaired) electrons. The van der Waals surface area contributed by atoms with Crippen LogP contribution in [0.4, 0.5) is 10.1 Å². The second-order valence-corrected chi connectivity index (χ2v) is 10.1. The van der Waals surface area contributed by atoms with Gasteiger partial charge < -0.3 is 14.6 Å². The summed E-state index contributed by atoms with van der Waals surface area (Å²) in [6, 6.07) is 7.64. The Morgan fingerprint density at radius 2 is 1.94 bits per heavy atom. The van der Waals surface area contributed by atoms with Gasteiger partial charge in [0.25, 0.3) is 5.91 Å². The van der Waals surface area contributed by atoms with Crippen molar-refractivity contribution in [3.63, 3.8) is 0 Å². The first-order valence-electron chi connectivity index (χ1n) is 10.7. The third-order valence-corrected chi connectivity index (χ3v) is 7.79. The molecule has 8 nitrogen and oxygen atoms in total. The number of amides is 1. The van der Waals surface area contributed by atoms with Crippen molar-refractivity contribution in [3.05, 3.63) is 52.6 Å². The van der Waals surface area contributed by atoms with Gasteiger partial charge in [0.15, 0.2) is 0 Å². The molecule has 2 fully saturated rings. The molecule has 1 saturated heterocycles. The summed E-state index contributed by atoms with van der Waals surface area (Å²) >= 11 is 0. The van der Waals surface area contributed by atoms with Crippen LogP contribution in [0.25, 0.3) is 6.08 Å². The van der Waals surface area contributed by atoms with Crippen LogP contribution in [0.1, 0.15) is 35.8 Å². The van der Waals surface area contributed by atoms with Crippen LogP contribution in [0.3, 0.4) is 0 Å². The first-order chi connectivity index (χ1) is 15.7. The fourth-order valence-corrected chi connectivity index (χ4v) is 5.55. The van der Waals surface area contributed by atoms with E-state index in [0.717, 1.165) is 46.2 Å². The van der Waals surface area contributed by atoms with Gasteiger partial charge in [-0.25, -0.2) is 12.8 Å². The molecule has 0 bridgehead atoms. The van der Waals surface area contributed by atoms with Gasteiger partial charge >= 0.3 is 0 Å². The Morgan fingerprint density at radius 3 is 2.58 bits per heavy atom. The molecule has 4 rings (SSSR count). The number of nitrogens with zero attached hydrogens (tertiary/aromatic N) is 3. The van der Waals surface area contributed by atoms with Crippen LogP contribution in [0.15, 0.2) is 34.7 Å². The molecule has 1 aromatic heterocycles. The minimum Gasteiger partial charge on any atom is -0.379 e. The van der Waals surface area contributed by atoms with E-state index in [1.165, 1.54) is 12.1 Å². The van der Waals surface area contributed by atoms with Gasteiger partial charge in [0.1, 0.15) is 22.4 Å². The quantitative estimate of drug-likeness (QED) is 0.514. The van der Waals surface area contributed by atoms with Crippen molar-refractivity contribution >= 4 is 27.7 Å². The van der Waals surface area contributed by atoms with Gasteiger partial charge in [-0.15, -0.1) is 0 Å². The van der Waals surface area contributed by atoms with Gasteiger partial charge in [0.05, 0.1) is 13.2 Å². The lowest BCUT2D eigenvalue weighted by molar-refractivity contribution is -0.112. The standard InChI is InChI=1S/C23H25FN4O4S/c1-15-11-17(16(2)28(15)20-4-5-20)12-18(14-25)23(29)26-19-3-6-21(24)22(13-19)33(30,31)27-7-9-32-10-8-27/h3,6,11-13,20H,4-5,7-10H2,1-2H3,(H,26,29)/b18-12+. The molecule has 2 aliphatic rings. The van der Waals surface area contributed by atoms with E-state index in [-0.39, 0.29) is 37.6 Å². The summed E-state index contributed by atoms with van der Waals surface area (Å²) in [5, 5.41) is 12.1. The zero-order valence-electron chi connectivity index (χ0n) is 18.5. The molecule has 1 saturated carbocycles. The van der Waals surface area contributed by atoms with Crippen molar-refractivity contribution in [2.45, 2.75) is 37.6 Å². The zero-order chi connectivity index (χ0) is 23.8. The second kappa shape index (κ2) is 9.09. The monoisotopic (exact) mass is 472 g/mol.